The molecule has 0 aliphatic carbocycles. The molecule has 2 fully saturated rings. The van der Waals surface area contributed by atoms with Crippen molar-refractivity contribution in [2.75, 3.05) is 39.3 Å². The molecule has 4 rings (SSSR count). The lowest BCUT2D eigenvalue weighted by Crippen LogP contribution is -2.42. The van der Waals surface area contributed by atoms with Gasteiger partial charge in [-0.25, -0.2) is 4.98 Å². The predicted octanol–water partition coefficient (Wildman–Crippen LogP) is 1.72. The number of hydrogen-bond donors (Lipinski definition) is 0. The summed E-state index contributed by atoms with van der Waals surface area (Å²) in [4.78, 5) is 22.5. The molecule has 2 saturated heterocycles. The third-order valence-electron chi connectivity index (χ3n) is 4.61. The zero-order valence-corrected chi connectivity index (χ0v) is 14.0. The normalized spacial score (nSPS) is 23.5. The average molecular weight is 334 g/mol. The molecule has 0 unspecified atom stereocenters. The van der Waals surface area contributed by atoms with Crippen LogP contribution in [-0.2, 0) is 4.74 Å². The van der Waals surface area contributed by atoms with Crippen molar-refractivity contribution in [3.8, 4) is 0 Å². The summed E-state index contributed by atoms with van der Waals surface area (Å²) in [5.41, 5.74) is 0.540. The minimum atomic E-state index is 0.0258. The highest BCUT2D eigenvalue weighted by Gasteiger charge is 2.27. The van der Waals surface area contributed by atoms with Gasteiger partial charge in [-0.15, -0.1) is 11.3 Å². The summed E-state index contributed by atoms with van der Waals surface area (Å²) < 4.78 is 7.88. The van der Waals surface area contributed by atoms with Gasteiger partial charge in [0.25, 0.3) is 5.91 Å². The third-order valence-corrected chi connectivity index (χ3v) is 5.38. The van der Waals surface area contributed by atoms with Crippen LogP contribution in [0.5, 0.6) is 0 Å². The van der Waals surface area contributed by atoms with E-state index in [4.69, 9.17) is 4.74 Å². The number of imidazole rings is 1. The molecule has 0 saturated carbocycles. The number of rotatable bonds is 3. The molecule has 0 radical (unpaired) electrons. The molecular formula is C16H22N4O2S. The second-order valence-electron chi connectivity index (χ2n) is 6.32. The Morgan fingerprint density at radius 3 is 3.00 bits per heavy atom. The summed E-state index contributed by atoms with van der Waals surface area (Å²) in [6, 6.07) is 0. The van der Waals surface area contributed by atoms with Gasteiger partial charge in [-0.05, 0) is 32.4 Å². The van der Waals surface area contributed by atoms with Crippen LogP contribution < -0.4 is 0 Å². The number of aromatic nitrogens is 2. The van der Waals surface area contributed by atoms with E-state index in [9.17, 15) is 4.79 Å². The summed E-state index contributed by atoms with van der Waals surface area (Å²) in [6.07, 6.45) is 7.33. The van der Waals surface area contributed by atoms with Crippen LogP contribution in [0.25, 0.3) is 4.96 Å². The van der Waals surface area contributed by atoms with E-state index in [1.807, 2.05) is 27.1 Å². The van der Waals surface area contributed by atoms with Crippen LogP contribution in [0.3, 0.4) is 0 Å². The fourth-order valence-corrected chi connectivity index (χ4v) is 4.14. The molecule has 0 aromatic carbocycles. The molecule has 7 heteroatoms. The van der Waals surface area contributed by atoms with Gasteiger partial charge in [-0.1, -0.05) is 0 Å². The van der Waals surface area contributed by atoms with Gasteiger partial charge in [-0.3, -0.25) is 9.20 Å². The molecule has 2 aromatic rings. The zero-order chi connectivity index (χ0) is 15.6. The zero-order valence-electron chi connectivity index (χ0n) is 13.2. The fourth-order valence-electron chi connectivity index (χ4n) is 3.44. The van der Waals surface area contributed by atoms with Crippen molar-refractivity contribution in [2.24, 2.45) is 0 Å². The van der Waals surface area contributed by atoms with Crippen molar-refractivity contribution >= 4 is 22.2 Å². The molecule has 6 nitrogen and oxygen atoms in total. The van der Waals surface area contributed by atoms with Crippen LogP contribution in [0.1, 0.15) is 29.8 Å². The van der Waals surface area contributed by atoms with Gasteiger partial charge >= 0.3 is 0 Å². The highest BCUT2D eigenvalue weighted by atomic mass is 32.1. The number of thiazole rings is 1. The van der Waals surface area contributed by atoms with E-state index >= 15 is 0 Å². The lowest BCUT2D eigenvalue weighted by molar-refractivity contribution is 0.0296. The van der Waals surface area contributed by atoms with Crippen molar-refractivity contribution in [1.29, 1.82) is 0 Å². The van der Waals surface area contributed by atoms with E-state index in [1.165, 1.54) is 12.8 Å². The van der Waals surface area contributed by atoms with Crippen LogP contribution in [0.4, 0.5) is 0 Å². The highest BCUT2D eigenvalue weighted by molar-refractivity contribution is 7.15. The average Bonchev–Trinajstić information content (AvgIpc) is 3.22. The van der Waals surface area contributed by atoms with Crippen LogP contribution in [0.2, 0.25) is 0 Å². The number of ether oxygens (including phenoxy) is 1. The molecule has 23 heavy (non-hydrogen) atoms. The molecule has 2 aromatic heterocycles. The molecule has 2 aliphatic heterocycles. The van der Waals surface area contributed by atoms with Crippen LogP contribution >= 0.6 is 11.3 Å². The fraction of sp³-hybridized carbons (Fsp3) is 0.625. The van der Waals surface area contributed by atoms with E-state index in [1.54, 1.807) is 11.3 Å². The van der Waals surface area contributed by atoms with Crippen molar-refractivity contribution < 1.29 is 9.53 Å². The van der Waals surface area contributed by atoms with E-state index in [0.29, 0.717) is 12.2 Å². The van der Waals surface area contributed by atoms with Gasteiger partial charge in [0.2, 0.25) is 0 Å². The van der Waals surface area contributed by atoms with E-state index in [2.05, 4.69) is 9.88 Å². The molecule has 1 amide bonds. The number of fused-ring (bicyclic) bond motifs is 1. The summed E-state index contributed by atoms with van der Waals surface area (Å²) in [6.45, 7) is 5.40. The number of carbonyl (C=O) groups excluding carboxylic acids is 1. The number of nitrogens with zero attached hydrogens (tertiary/aromatic N) is 4. The minimum absolute atomic E-state index is 0.0258. The second-order valence-corrected chi connectivity index (χ2v) is 7.20. The Morgan fingerprint density at radius 2 is 2.17 bits per heavy atom. The van der Waals surface area contributed by atoms with Crippen molar-refractivity contribution in [3.05, 3.63) is 23.5 Å². The number of likely N-dealkylation sites (tertiary alicyclic amines) is 1. The first kappa shape index (κ1) is 15.1. The van der Waals surface area contributed by atoms with E-state index in [0.717, 1.165) is 44.2 Å². The maximum atomic E-state index is 12.8. The summed E-state index contributed by atoms with van der Waals surface area (Å²) in [5, 5.41) is 1.97. The highest BCUT2D eigenvalue weighted by Crippen LogP contribution is 2.16. The Morgan fingerprint density at radius 1 is 1.30 bits per heavy atom. The first-order valence-corrected chi connectivity index (χ1v) is 9.23. The summed E-state index contributed by atoms with van der Waals surface area (Å²) in [7, 11) is 0. The Kier molecular flexibility index (Phi) is 4.33. The van der Waals surface area contributed by atoms with Crippen molar-refractivity contribution in [2.45, 2.75) is 25.4 Å². The van der Waals surface area contributed by atoms with E-state index in [-0.39, 0.29) is 12.0 Å². The van der Waals surface area contributed by atoms with Gasteiger partial charge in [-0.2, -0.15) is 0 Å². The van der Waals surface area contributed by atoms with Gasteiger partial charge in [0.15, 0.2) is 4.96 Å². The molecule has 0 spiro atoms. The second kappa shape index (κ2) is 6.59. The maximum Gasteiger partial charge on any atom is 0.274 e. The molecule has 0 N–H and O–H groups in total. The lowest BCUT2D eigenvalue weighted by atomic mass is 10.2. The Labute approximate surface area is 139 Å². The quantitative estimate of drug-likeness (QED) is 0.858. The van der Waals surface area contributed by atoms with Crippen LogP contribution in [0, 0.1) is 0 Å². The SMILES string of the molecule is O=C(c1cn2ccsc2n1)N1CCCO[C@@H](CN2CCCC2)C1. The summed E-state index contributed by atoms with van der Waals surface area (Å²) in [5.74, 6) is 0.0258. The monoisotopic (exact) mass is 334 g/mol. The molecule has 1 atom stereocenters. The van der Waals surface area contributed by atoms with E-state index < -0.39 is 0 Å². The number of amides is 1. The maximum absolute atomic E-state index is 12.8. The molecule has 4 heterocycles. The molecule has 0 bridgehead atoms. The van der Waals surface area contributed by atoms with Crippen molar-refractivity contribution in [3.63, 3.8) is 0 Å². The Hall–Kier alpha value is -1.44. The van der Waals surface area contributed by atoms with Gasteiger partial charge < -0.3 is 14.5 Å². The standard InChI is InChI=1S/C16H22N4O2S/c21-15(14-12-20-7-9-23-16(20)17-14)19-6-3-8-22-13(11-19)10-18-4-1-2-5-18/h7,9,12-13H,1-6,8,10-11H2/t13-/m0/s1. The van der Waals surface area contributed by atoms with Gasteiger partial charge in [0, 0.05) is 44.0 Å². The lowest BCUT2D eigenvalue weighted by Gasteiger charge is -2.26. The topological polar surface area (TPSA) is 50.1 Å². The molecule has 2 aliphatic rings. The predicted molar refractivity (Wildman–Crippen MR) is 89.0 cm³/mol. The minimum Gasteiger partial charge on any atom is -0.375 e. The summed E-state index contributed by atoms with van der Waals surface area (Å²) >= 11 is 1.55. The number of carbonyl (C=O) groups is 1. The smallest absolute Gasteiger partial charge is 0.274 e. The van der Waals surface area contributed by atoms with Crippen molar-refractivity contribution in [1.82, 2.24) is 19.2 Å². The molecular weight excluding hydrogens is 312 g/mol. The molecule has 124 valence electrons. The third kappa shape index (κ3) is 3.27. The largest absolute Gasteiger partial charge is 0.375 e. The van der Waals surface area contributed by atoms with Crippen LogP contribution in [0.15, 0.2) is 17.8 Å². The Bertz CT molecular complexity index is 648. The Balaban J connectivity index is 1.45. The van der Waals surface area contributed by atoms with Gasteiger partial charge in [0.05, 0.1) is 6.10 Å². The van der Waals surface area contributed by atoms with Crippen LogP contribution in [-0.4, -0.2) is 70.5 Å². The first-order valence-electron chi connectivity index (χ1n) is 8.35. The van der Waals surface area contributed by atoms with Gasteiger partial charge in [0.1, 0.15) is 5.69 Å². The first-order chi connectivity index (χ1) is 11.3. The number of hydrogen-bond acceptors (Lipinski definition) is 5.